The van der Waals surface area contributed by atoms with Gasteiger partial charge in [-0.25, -0.2) is 0 Å². The Balaban J connectivity index is 3.94. The SMILES string of the molecule is CCOCC(=O)N[C@@H](CCCCC#N)C(N)=O. The van der Waals surface area contributed by atoms with Crippen LogP contribution in [0.15, 0.2) is 0 Å². The van der Waals surface area contributed by atoms with Gasteiger partial charge in [-0.1, -0.05) is 0 Å². The molecule has 2 amide bonds. The van der Waals surface area contributed by atoms with E-state index in [1.54, 1.807) is 6.92 Å². The van der Waals surface area contributed by atoms with Crippen molar-refractivity contribution < 1.29 is 14.3 Å². The first-order chi connectivity index (χ1) is 8.11. The maximum Gasteiger partial charge on any atom is 0.246 e. The third-order valence-corrected chi connectivity index (χ3v) is 2.15. The molecular formula is C11H19N3O3. The minimum atomic E-state index is -0.679. The Morgan fingerprint density at radius 3 is 2.71 bits per heavy atom. The number of nitriles is 1. The lowest BCUT2D eigenvalue weighted by molar-refractivity contribution is -0.130. The van der Waals surface area contributed by atoms with Gasteiger partial charge < -0.3 is 15.8 Å². The smallest absolute Gasteiger partial charge is 0.246 e. The van der Waals surface area contributed by atoms with Gasteiger partial charge in [-0.05, 0) is 26.2 Å². The Kier molecular flexibility index (Phi) is 8.69. The van der Waals surface area contributed by atoms with E-state index in [1.165, 1.54) is 0 Å². The van der Waals surface area contributed by atoms with Gasteiger partial charge >= 0.3 is 0 Å². The number of carbonyl (C=O) groups excluding carboxylic acids is 2. The molecule has 0 saturated heterocycles. The zero-order chi connectivity index (χ0) is 13.1. The first kappa shape index (κ1) is 15.4. The summed E-state index contributed by atoms with van der Waals surface area (Å²) in [5.74, 6) is -0.914. The fourth-order valence-corrected chi connectivity index (χ4v) is 1.27. The lowest BCUT2D eigenvalue weighted by atomic mass is 10.1. The molecule has 0 aromatic carbocycles. The molecule has 17 heavy (non-hydrogen) atoms. The lowest BCUT2D eigenvalue weighted by Crippen LogP contribution is -2.45. The van der Waals surface area contributed by atoms with E-state index >= 15 is 0 Å². The third kappa shape index (κ3) is 8.22. The second-order valence-electron chi connectivity index (χ2n) is 3.56. The number of nitrogens with one attached hydrogen (secondary N) is 1. The van der Waals surface area contributed by atoms with Gasteiger partial charge in [0.05, 0.1) is 6.07 Å². The molecular weight excluding hydrogens is 222 g/mol. The topological polar surface area (TPSA) is 105 Å². The quantitative estimate of drug-likeness (QED) is 0.557. The zero-order valence-corrected chi connectivity index (χ0v) is 10.1. The van der Waals surface area contributed by atoms with Gasteiger partial charge in [0.1, 0.15) is 12.6 Å². The first-order valence-electron chi connectivity index (χ1n) is 5.65. The van der Waals surface area contributed by atoms with Crippen molar-refractivity contribution in [1.82, 2.24) is 5.32 Å². The monoisotopic (exact) mass is 241 g/mol. The fourth-order valence-electron chi connectivity index (χ4n) is 1.27. The molecule has 3 N–H and O–H groups in total. The number of nitrogens with zero attached hydrogens (tertiary/aromatic N) is 1. The number of hydrogen-bond acceptors (Lipinski definition) is 4. The number of amides is 2. The normalized spacial score (nSPS) is 11.5. The molecule has 0 bridgehead atoms. The van der Waals surface area contributed by atoms with Crippen molar-refractivity contribution in [3.8, 4) is 6.07 Å². The second kappa shape index (κ2) is 9.60. The van der Waals surface area contributed by atoms with E-state index in [4.69, 9.17) is 15.7 Å². The molecule has 0 rings (SSSR count). The van der Waals surface area contributed by atoms with Crippen LogP contribution in [0.5, 0.6) is 0 Å². The Morgan fingerprint density at radius 2 is 2.18 bits per heavy atom. The molecule has 96 valence electrons. The zero-order valence-electron chi connectivity index (χ0n) is 10.1. The first-order valence-corrected chi connectivity index (χ1v) is 5.65. The Morgan fingerprint density at radius 1 is 1.47 bits per heavy atom. The van der Waals surface area contributed by atoms with E-state index in [1.807, 2.05) is 6.07 Å². The number of nitrogens with two attached hydrogens (primary N) is 1. The summed E-state index contributed by atoms with van der Waals surface area (Å²) in [7, 11) is 0. The summed E-state index contributed by atoms with van der Waals surface area (Å²) in [6.45, 7) is 2.15. The van der Waals surface area contributed by atoms with E-state index in [0.717, 1.165) is 0 Å². The predicted molar refractivity (Wildman–Crippen MR) is 61.7 cm³/mol. The molecule has 0 aromatic heterocycles. The molecule has 0 aliphatic heterocycles. The molecule has 0 saturated carbocycles. The van der Waals surface area contributed by atoms with Crippen LogP contribution in [0.3, 0.4) is 0 Å². The summed E-state index contributed by atoms with van der Waals surface area (Å²) in [6.07, 6.45) is 2.27. The van der Waals surface area contributed by atoms with Gasteiger partial charge in [-0.2, -0.15) is 5.26 Å². The number of unbranched alkanes of at least 4 members (excludes halogenated alkanes) is 2. The Bertz CT molecular complexity index is 286. The van der Waals surface area contributed by atoms with Crippen molar-refractivity contribution in [3.05, 3.63) is 0 Å². The van der Waals surface area contributed by atoms with E-state index in [2.05, 4.69) is 5.32 Å². The van der Waals surface area contributed by atoms with Crippen molar-refractivity contribution in [2.75, 3.05) is 13.2 Å². The maximum absolute atomic E-state index is 11.3. The Labute approximate surface area is 101 Å². The van der Waals surface area contributed by atoms with Crippen LogP contribution in [0.4, 0.5) is 0 Å². The van der Waals surface area contributed by atoms with Crippen LogP contribution >= 0.6 is 0 Å². The molecule has 0 fully saturated rings. The van der Waals surface area contributed by atoms with Crippen LogP contribution < -0.4 is 11.1 Å². The average molecular weight is 241 g/mol. The van der Waals surface area contributed by atoms with E-state index in [9.17, 15) is 9.59 Å². The minimum absolute atomic E-state index is 0.0710. The lowest BCUT2D eigenvalue weighted by Gasteiger charge is -2.14. The summed E-state index contributed by atoms with van der Waals surface area (Å²) in [6, 6.07) is 1.34. The molecule has 0 heterocycles. The molecule has 0 aliphatic rings. The maximum atomic E-state index is 11.3. The van der Waals surface area contributed by atoms with Gasteiger partial charge in [0.15, 0.2) is 0 Å². The van der Waals surface area contributed by atoms with Crippen molar-refractivity contribution in [1.29, 1.82) is 5.26 Å². The fraction of sp³-hybridized carbons (Fsp3) is 0.727. The number of carbonyl (C=O) groups is 2. The van der Waals surface area contributed by atoms with E-state index in [0.29, 0.717) is 32.3 Å². The minimum Gasteiger partial charge on any atom is -0.372 e. The molecule has 0 unspecified atom stereocenters. The summed E-state index contributed by atoms with van der Waals surface area (Å²) in [5.41, 5.74) is 5.17. The number of primary amides is 1. The average Bonchev–Trinajstić information content (AvgIpc) is 2.30. The van der Waals surface area contributed by atoms with Crippen molar-refractivity contribution in [3.63, 3.8) is 0 Å². The van der Waals surface area contributed by atoms with Gasteiger partial charge in [0.25, 0.3) is 0 Å². The highest BCUT2D eigenvalue weighted by molar-refractivity contribution is 5.86. The van der Waals surface area contributed by atoms with Gasteiger partial charge in [0, 0.05) is 13.0 Å². The van der Waals surface area contributed by atoms with Crippen LogP contribution in [0.2, 0.25) is 0 Å². The van der Waals surface area contributed by atoms with Crippen LogP contribution in [0, 0.1) is 11.3 Å². The molecule has 0 radical (unpaired) electrons. The van der Waals surface area contributed by atoms with Crippen molar-refractivity contribution >= 4 is 11.8 Å². The largest absolute Gasteiger partial charge is 0.372 e. The van der Waals surface area contributed by atoms with Gasteiger partial charge in [-0.3, -0.25) is 9.59 Å². The summed E-state index contributed by atoms with van der Waals surface area (Å²) >= 11 is 0. The van der Waals surface area contributed by atoms with Crippen molar-refractivity contribution in [2.24, 2.45) is 5.73 Å². The van der Waals surface area contributed by atoms with Crippen LogP contribution in [0.1, 0.15) is 32.6 Å². The number of ether oxygens (including phenoxy) is 1. The summed E-state index contributed by atoms with van der Waals surface area (Å²) in [4.78, 5) is 22.4. The van der Waals surface area contributed by atoms with Gasteiger partial charge in [0.2, 0.25) is 11.8 Å². The molecule has 6 heteroatoms. The summed E-state index contributed by atoms with van der Waals surface area (Å²) < 4.78 is 4.91. The Hall–Kier alpha value is -1.61. The highest BCUT2D eigenvalue weighted by atomic mass is 16.5. The highest BCUT2D eigenvalue weighted by Gasteiger charge is 2.17. The molecule has 0 aromatic rings. The predicted octanol–water partition coefficient (Wildman–Crippen LogP) is 0.0770. The highest BCUT2D eigenvalue weighted by Crippen LogP contribution is 2.03. The summed E-state index contributed by atoms with van der Waals surface area (Å²) in [5, 5.41) is 10.9. The van der Waals surface area contributed by atoms with Crippen molar-refractivity contribution in [2.45, 2.75) is 38.6 Å². The van der Waals surface area contributed by atoms with Crippen LogP contribution in [0.25, 0.3) is 0 Å². The molecule has 6 nitrogen and oxygen atoms in total. The molecule has 1 atom stereocenters. The second-order valence-corrected chi connectivity index (χ2v) is 3.56. The standard InChI is InChI=1S/C11H19N3O3/c1-2-17-8-10(15)14-9(11(13)16)6-4-3-5-7-12/h9H,2-6,8H2,1H3,(H2,13,16)(H,14,15)/t9-/m0/s1. The molecule has 0 aliphatic carbocycles. The third-order valence-electron chi connectivity index (χ3n) is 2.15. The molecule has 0 spiro atoms. The van der Waals surface area contributed by atoms with Crippen LogP contribution in [-0.4, -0.2) is 31.1 Å². The van der Waals surface area contributed by atoms with E-state index < -0.39 is 11.9 Å². The van der Waals surface area contributed by atoms with Crippen LogP contribution in [-0.2, 0) is 14.3 Å². The van der Waals surface area contributed by atoms with Gasteiger partial charge in [-0.15, -0.1) is 0 Å². The number of hydrogen-bond donors (Lipinski definition) is 2. The number of rotatable bonds is 9. The van der Waals surface area contributed by atoms with E-state index in [-0.39, 0.29) is 12.5 Å².